The molecule has 1 aromatic heterocycles. The van der Waals surface area contributed by atoms with Gasteiger partial charge in [-0.15, -0.1) is 0 Å². The Labute approximate surface area is 85.3 Å². The number of nitrogens with zero attached hydrogens (tertiary/aromatic N) is 2. The molecule has 0 saturated heterocycles. The van der Waals surface area contributed by atoms with Crippen LogP contribution < -0.4 is 4.74 Å². The van der Waals surface area contributed by atoms with Crippen molar-refractivity contribution in [3.8, 4) is 6.01 Å². The predicted octanol–water partition coefficient (Wildman–Crippen LogP) is 2.35. The van der Waals surface area contributed by atoms with Gasteiger partial charge >= 0.3 is 6.01 Å². The average Bonchev–Trinajstić information content (AvgIpc) is 2.34. The van der Waals surface area contributed by atoms with Gasteiger partial charge in [0.2, 0.25) is 0 Å². The Bertz CT molecular complexity index is 239. The maximum Gasteiger partial charge on any atom is 0.316 e. The van der Waals surface area contributed by atoms with Crippen LogP contribution in [0.15, 0.2) is 12.3 Å². The summed E-state index contributed by atoms with van der Waals surface area (Å²) >= 11 is 0. The number of methoxy groups -OCH3 is 1. The van der Waals surface area contributed by atoms with E-state index in [2.05, 4.69) is 14.7 Å². The Morgan fingerprint density at radius 1 is 1.29 bits per heavy atom. The van der Waals surface area contributed by atoms with Crippen LogP contribution >= 0.6 is 0 Å². The van der Waals surface area contributed by atoms with Gasteiger partial charge in [0, 0.05) is 6.20 Å². The molecule has 0 aliphatic heterocycles. The normalized spacial score (nSPS) is 7.21. The molecule has 0 fully saturated rings. The summed E-state index contributed by atoms with van der Waals surface area (Å²) in [6.07, 6.45) is 2.11. The molecule has 0 saturated carbocycles. The molecule has 0 aliphatic carbocycles. The van der Waals surface area contributed by atoms with Crippen molar-refractivity contribution < 1.29 is 9.53 Å². The summed E-state index contributed by atoms with van der Waals surface area (Å²) in [4.78, 5) is 17.6. The third-order valence-corrected chi connectivity index (χ3v) is 0.958. The van der Waals surface area contributed by atoms with Crippen molar-refractivity contribution >= 4 is 6.29 Å². The van der Waals surface area contributed by atoms with Gasteiger partial charge in [0.05, 0.1) is 7.11 Å². The van der Waals surface area contributed by atoms with E-state index in [0.717, 1.165) is 0 Å². The van der Waals surface area contributed by atoms with Gasteiger partial charge in [-0.2, -0.15) is 4.98 Å². The topological polar surface area (TPSA) is 52.1 Å². The first kappa shape index (κ1) is 15.0. The first-order valence-corrected chi connectivity index (χ1v) is 4.69. The number of ether oxygens (including phenoxy) is 1. The standard InChI is InChI=1S/C6H6N2O2.2C2H6/c1-10-6-7-3-2-5(4-9)8-6;2*1-2/h2-4H,1H3;2*1-2H3. The molecule has 0 radical (unpaired) electrons. The van der Waals surface area contributed by atoms with Crippen molar-refractivity contribution in [3.05, 3.63) is 18.0 Å². The van der Waals surface area contributed by atoms with E-state index in [1.165, 1.54) is 19.4 Å². The lowest BCUT2D eigenvalue weighted by atomic mass is 10.4. The van der Waals surface area contributed by atoms with Crippen LogP contribution in [0.2, 0.25) is 0 Å². The average molecular weight is 198 g/mol. The molecule has 0 spiro atoms. The van der Waals surface area contributed by atoms with Crippen molar-refractivity contribution in [1.29, 1.82) is 0 Å². The Balaban J connectivity index is 0. The minimum absolute atomic E-state index is 0.213. The Hall–Kier alpha value is -1.45. The number of rotatable bonds is 2. The van der Waals surface area contributed by atoms with Gasteiger partial charge in [-0.1, -0.05) is 27.7 Å². The third-order valence-electron chi connectivity index (χ3n) is 0.958. The number of carbonyl (C=O) groups excluding carboxylic acids is 1. The predicted molar refractivity (Wildman–Crippen MR) is 56.7 cm³/mol. The molecular formula is C10H18N2O2. The highest BCUT2D eigenvalue weighted by molar-refractivity contribution is 5.71. The van der Waals surface area contributed by atoms with Crippen LogP contribution in [0.5, 0.6) is 6.01 Å². The minimum atomic E-state index is 0.213. The van der Waals surface area contributed by atoms with Crippen LogP contribution in [0.3, 0.4) is 0 Å². The van der Waals surface area contributed by atoms with E-state index in [4.69, 9.17) is 0 Å². The Morgan fingerprint density at radius 2 is 1.86 bits per heavy atom. The lowest BCUT2D eigenvalue weighted by molar-refractivity contribution is 0.111. The molecule has 1 heterocycles. The van der Waals surface area contributed by atoms with Crippen molar-refractivity contribution in [2.24, 2.45) is 0 Å². The summed E-state index contributed by atoms with van der Waals surface area (Å²) < 4.78 is 4.68. The first-order valence-electron chi connectivity index (χ1n) is 4.69. The molecule has 0 amide bonds. The third kappa shape index (κ3) is 6.11. The molecule has 0 unspecified atom stereocenters. The van der Waals surface area contributed by atoms with E-state index in [-0.39, 0.29) is 6.01 Å². The second-order valence-electron chi connectivity index (χ2n) is 1.59. The van der Waals surface area contributed by atoms with E-state index in [9.17, 15) is 4.79 Å². The smallest absolute Gasteiger partial charge is 0.316 e. The van der Waals surface area contributed by atoms with E-state index in [0.29, 0.717) is 12.0 Å². The van der Waals surface area contributed by atoms with Gasteiger partial charge in [0.25, 0.3) is 0 Å². The highest BCUT2D eigenvalue weighted by Crippen LogP contribution is 1.98. The van der Waals surface area contributed by atoms with E-state index in [1.54, 1.807) is 0 Å². The number of aromatic nitrogens is 2. The zero-order chi connectivity index (χ0) is 11.4. The van der Waals surface area contributed by atoms with Crippen LogP contribution in [-0.2, 0) is 0 Å². The van der Waals surface area contributed by atoms with Crippen molar-refractivity contribution in [3.63, 3.8) is 0 Å². The molecule has 14 heavy (non-hydrogen) atoms. The zero-order valence-corrected chi connectivity index (χ0v) is 9.44. The van der Waals surface area contributed by atoms with Gasteiger partial charge < -0.3 is 4.74 Å². The molecule has 80 valence electrons. The van der Waals surface area contributed by atoms with Crippen LogP contribution in [0, 0.1) is 0 Å². The zero-order valence-electron chi connectivity index (χ0n) is 9.44. The molecule has 0 bridgehead atoms. The molecule has 0 aromatic carbocycles. The van der Waals surface area contributed by atoms with Crippen LogP contribution in [0.4, 0.5) is 0 Å². The Morgan fingerprint density at radius 3 is 2.29 bits per heavy atom. The summed E-state index contributed by atoms with van der Waals surface area (Å²) in [6.45, 7) is 8.00. The van der Waals surface area contributed by atoms with Gasteiger partial charge in [-0.05, 0) is 6.07 Å². The fourth-order valence-electron chi connectivity index (χ4n) is 0.518. The first-order chi connectivity index (χ1) is 6.86. The molecule has 1 aromatic rings. The van der Waals surface area contributed by atoms with Crippen molar-refractivity contribution in [2.45, 2.75) is 27.7 Å². The van der Waals surface area contributed by atoms with Crippen molar-refractivity contribution in [1.82, 2.24) is 9.97 Å². The van der Waals surface area contributed by atoms with E-state index in [1.807, 2.05) is 27.7 Å². The van der Waals surface area contributed by atoms with Crippen LogP contribution in [0.1, 0.15) is 38.2 Å². The number of hydrogen-bond donors (Lipinski definition) is 0. The quantitative estimate of drug-likeness (QED) is 0.684. The molecule has 0 aliphatic rings. The second kappa shape index (κ2) is 11.6. The minimum Gasteiger partial charge on any atom is -0.467 e. The largest absolute Gasteiger partial charge is 0.467 e. The highest BCUT2D eigenvalue weighted by atomic mass is 16.5. The van der Waals surface area contributed by atoms with Crippen molar-refractivity contribution in [2.75, 3.05) is 7.11 Å². The van der Waals surface area contributed by atoms with Gasteiger partial charge in [-0.3, -0.25) is 4.79 Å². The summed E-state index contributed by atoms with van der Waals surface area (Å²) in [6, 6.07) is 1.72. The fraction of sp³-hybridized carbons (Fsp3) is 0.500. The summed E-state index contributed by atoms with van der Waals surface area (Å²) in [5, 5.41) is 0. The molecule has 1 rings (SSSR count). The molecule has 0 N–H and O–H groups in total. The molecule has 0 atom stereocenters. The van der Waals surface area contributed by atoms with E-state index < -0.39 is 0 Å². The maximum atomic E-state index is 10.1. The molecule has 4 heteroatoms. The lowest BCUT2D eigenvalue weighted by Gasteiger charge is -1.94. The van der Waals surface area contributed by atoms with Gasteiger partial charge in [0.15, 0.2) is 6.29 Å². The number of aldehydes is 1. The van der Waals surface area contributed by atoms with Crippen LogP contribution in [0.25, 0.3) is 0 Å². The second-order valence-corrected chi connectivity index (χ2v) is 1.59. The summed E-state index contributed by atoms with van der Waals surface area (Å²) in [5.41, 5.74) is 0.326. The van der Waals surface area contributed by atoms with Crippen LogP contribution in [-0.4, -0.2) is 23.4 Å². The summed E-state index contributed by atoms with van der Waals surface area (Å²) in [7, 11) is 1.45. The highest BCUT2D eigenvalue weighted by Gasteiger charge is 1.94. The maximum absolute atomic E-state index is 10.1. The van der Waals surface area contributed by atoms with Gasteiger partial charge in [-0.25, -0.2) is 4.98 Å². The fourth-order valence-corrected chi connectivity index (χ4v) is 0.518. The number of carbonyl (C=O) groups is 1. The van der Waals surface area contributed by atoms with Gasteiger partial charge in [0.1, 0.15) is 5.69 Å². The molecular weight excluding hydrogens is 180 g/mol. The monoisotopic (exact) mass is 198 g/mol. The SMILES string of the molecule is CC.CC.COc1nccc(C=O)n1. The van der Waals surface area contributed by atoms with E-state index >= 15 is 0 Å². The lowest BCUT2D eigenvalue weighted by Crippen LogP contribution is -1.94. The molecule has 4 nitrogen and oxygen atoms in total. The Kier molecular flexibility index (Phi) is 12.4. The summed E-state index contributed by atoms with van der Waals surface area (Å²) in [5.74, 6) is 0. The number of hydrogen-bond acceptors (Lipinski definition) is 4.